The topological polar surface area (TPSA) is 108 Å². The number of methoxy groups -OCH3 is 2. The highest BCUT2D eigenvalue weighted by Gasteiger charge is 2.07. The lowest BCUT2D eigenvalue weighted by molar-refractivity contribution is 0.121. The Morgan fingerprint density at radius 3 is 2.91 bits per heavy atom. The summed E-state index contributed by atoms with van der Waals surface area (Å²) >= 11 is 1.33. The number of nitrogens with one attached hydrogen (secondary N) is 1. The Morgan fingerprint density at radius 1 is 1.45 bits per heavy atom. The lowest BCUT2D eigenvalue weighted by Crippen LogP contribution is -2.07. The van der Waals surface area contributed by atoms with Crippen molar-refractivity contribution in [3.05, 3.63) is 29.1 Å². The second-order valence-corrected chi connectivity index (χ2v) is 4.77. The lowest BCUT2D eigenvalue weighted by atomic mass is 10.2. The van der Waals surface area contributed by atoms with E-state index in [4.69, 9.17) is 15.2 Å². The summed E-state index contributed by atoms with van der Waals surface area (Å²) in [5, 5.41) is 6.30. The SMILES string of the molecule is COC(=O)Oc1ccc(OC)c(C=NNc2nc(N)cs2)c1. The molecule has 0 saturated heterocycles. The molecule has 1 aromatic carbocycles. The maximum atomic E-state index is 11.1. The zero-order valence-electron chi connectivity index (χ0n) is 11.9. The number of hydrogen-bond donors (Lipinski definition) is 2. The number of aromatic nitrogens is 1. The van der Waals surface area contributed by atoms with Crippen molar-refractivity contribution >= 4 is 34.7 Å². The van der Waals surface area contributed by atoms with E-state index in [0.717, 1.165) is 0 Å². The third-order valence-electron chi connectivity index (χ3n) is 2.45. The van der Waals surface area contributed by atoms with Crippen LogP contribution in [-0.4, -0.2) is 31.6 Å². The van der Waals surface area contributed by atoms with Crippen molar-refractivity contribution in [3.8, 4) is 11.5 Å². The summed E-state index contributed by atoms with van der Waals surface area (Å²) in [6.07, 6.45) is 0.713. The summed E-state index contributed by atoms with van der Waals surface area (Å²) in [5.74, 6) is 1.31. The van der Waals surface area contributed by atoms with E-state index in [2.05, 4.69) is 20.2 Å². The van der Waals surface area contributed by atoms with E-state index in [0.29, 0.717) is 28.0 Å². The summed E-state index contributed by atoms with van der Waals surface area (Å²) in [5.41, 5.74) is 8.87. The van der Waals surface area contributed by atoms with Crippen LogP contribution in [0.3, 0.4) is 0 Å². The number of carbonyl (C=O) groups is 1. The van der Waals surface area contributed by atoms with Crippen molar-refractivity contribution < 1.29 is 19.0 Å². The fourth-order valence-corrected chi connectivity index (χ4v) is 2.06. The number of rotatable bonds is 5. The van der Waals surface area contributed by atoms with Gasteiger partial charge in [0.15, 0.2) is 0 Å². The van der Waals surface area contributed by atoms with Crippen molar-refractivity contribution in [1.82, 2.24) is 4.98 Å². The highest BCUT2D eigenvalue weighted by Crippen LogP contribution is 2.23. The monoisotopic (exact) mass is 322 g/mol. The number of thiazole rings is 1. The first-order valence-corrected chi connectivity index (χ1v) is 6.94. The van der Waals surface area contributed by atoms with Gasteiger partial charge in [0.1, 0.15) is 17.3 Å². The number of anilines is 2. The van der Waals surface area contributed by atoms with E-state index >= 15 is 0 Å². The normalized spacial score (nSPS) is 10.5. The highest BCUT2D eigenvalue weighted by molar-refractivity contribution is 7.14. The van der Waals surface area contributed by atoms with E-state index < -0.39 is 6.16 Å². The molecule has 2 aromatic rings. The summed E-state index contributed by atoms with van der Waals surface area (Å²) in [4.78, 5) is 15.1. The highest BCUT2D eigenvalue weighted by atomic mass is 32.1. The van der Waals surface area contributed by atoms with Crippen LogP contribution in [0.15, 0.2) is 28.7 Å². The minimum absolute atomic E-state index is 0.313. The molecule has 0 unspecified atom stereocenters. The van der Waals surface area contributed by atoms with Crippen LogP contribution in [-0.2, 0) is 4.74 Å². The Balaban J connectivity index is 2.13. The van der Waals surface area contributed by atoms with E-state index in [-0.39, 0.29) is 0 Å². The van der Waals surface area contributed by atoms with Crippen LogP contribution >= 0.6 is 11.3 Å². The first-order valence-electron chi connectivity index (χ1n) is 6.06. The van der Waals surface area contributed by atoms with E-state index in [9.17, 15) is 4.79 Å². The molecule has 22 heavy (non-hydrogen) atoms. The molecule has 0 spiro atoms. The first-order chi connectivity index (χ1) is 10.6. The van der Waals surface area contributed by atoms with Crippen molar-refractivity contribution in [3.63, 3.8) is 0 Å². The number of hydrogen-bond acceptors (Lipinski definition) is 9. The van der Waals surface area contributed by atoms with Crippen LogP contribution in [0.1, 0.15) is 5.56 Å². The molecule has 0 aliphatic carbocycles. The number of nitrogen functional groups attached to an aromatic ring is 1. The molecule has 0 aliphatic heterocycles. The number of carbonyl (C=O) groups excluding carboxylic acids is 1. The average Bonchev–Trinajstić information content (AvgIpc) is 2.93. The Hall–Kier alpha value is -2.81. The number of nitrogens with two attached hydrogens (primary N) is 1. The molecule has 3 N–H and O–H groups in total. The van der Waals surface area contributed by atoms with Crippen LogP contribution in [0.4, 0.5) is 15.7 Å². The Bertz CT molecular complexity index is 686. The van der Waals surface area contributed by atoms with Crippen LogP contribution in [0.2, 0.25) is 0 Å². The number of ether oxygens (including phenoxy) is 3. The molecule has 0 atom stereocenters. The van der Waals surface area contributed by atoms with Gasteiger partial charge in [-0.05, 0) is 18.2 Å². The molecular formula is C13H14N4O4S. The van der Waals surface area contributed by atoms with Gasteiger partial charge in [-0.2, -0.15) is 5.10 Å². The van der Waals surface area contributed by atoms with Gasteiger partial charge in [-0.3, -0.25) is 5.43 Å². The molecule has 8 nitrogen and oxygen atoms in total. The third-order valence-corrected chi connectivity index (χ3v) is 3.22. The van der Waals surface area contributed by atoms with Crippen molar-refractivity contribution in [1.29, 1.82) is 0 Å². The van der Waals surface area contributed by atoms with E-state index in [1.54, 1.807) is 23.6 Å². The maximum Gasteiger partial charge on any atom is 0.513 e. The number of hydrazone groups is 1. The predicted molar refractivity (Wildman–Crippen MR) is 83.8 cm³/mol. The summed E-state index contributed by atoms with van der Waals surface area (Å²) in [7, 11) is 2.76. The second kappa shape index (κ2) is 7.27. The van der Waals surface area contributed by atoms with Crippen molar-refractivity contribution in [2.24, 2.45) is 5.10 Å². The smallest absolute Gasteiger partial charge is 0.496 e. The van der Waals surface area contributed by atoms with Gasteiger partial charge in [-0.1, -0.05) is 0 Å². The molecule has 2 rings (SSSR count). The third kappa shape index (κ3) is 4.09. The Labute approximate surface area is 130 Å². The second-order valence-electron chi connectivity index (χ2n) is 3.91. The van der Waals surface area contributed by atoms with E-state index in [1.807, 2.05) is 0 Å². The van der Waals surface area contributed by atoms with Gasteiger partial charge in [-0.15, -0.1) is 11.3 Å². The van der Waals surface area contributed by atoms with Crippen molar-refractivity contribution in [2.75, 3.05) is 25.4 Å². The quantitative estimate of drug-likeness (QED) is 0.376. The number of nitrogens with zero attached hydrogens (tertiary/aromatic N) is 2. The molecule has 9 heteroatoms. The zero-order valence-corrected chi connectivity index (χ0v) is 12.7. The fourth-order valence-electron chi connectivity index (χ4n) is 1.51. The van der Waals surface area contributed by atoms with Crippen molar-refractivity contribution in [2.45, 2.75) is 0 Å². The average molecular weight is 322 g/mol. The van der Waals surface area contributed by atoms with Gasteiger partial charge < -0.3 is 19.9 Å². The zero-order chi connectivity index (χ0) is 15.9. The van der Waals surface area contributed by atoms with Gasteiger partial charge >= 0.3 is 6.16 Å². The van der Waals surface area contributed by atoms with Crippen LogP contribution in [0.5, 0.6) is 11.5 Å². The van der Waals surface area contributed by atoms with Gasteiger partial charge in [-0.25, -0.2) is 9.78 Å². The molecule has 0 amide bonds. The van der Waals surface area contributed by atoms with Crippen LogP contribution in [0.25, 0.3) is 0 Å². The van der Waals surface area contributed by atoms with Gasteiger partial charge in [0.2, 0.25) is 5.13 Å². The Morgan fingerprint density at radius 2 is 2.27 bits per heavy atom. The minimum atomic E-state index is -0.801. The summed E-state index contributed by atoms with van der Waals surface area (Å²) in [6, 6.07) is 4.83. The minimum Gasteiger partial charge on any atom is -0.496 e. The summed E-state index contributed by atoms with van der Waals surface area (Å²) in [6.45, 7) is 0. The molecule has 1 heterocycles. The molecule has 0 fully saturated rings. The van der Waals surface area contributed by atoms with Gasteiger partial charge in [0.05, 0.1) is 20.4 Å². The lowest BCUT2D eigenvalue weighted by Gasteiger charge is -2.07. The molecule has 1 aromatic heterocycles. The van der Waals surface area contributed by atoms with Gasteiger partial charge in [0.25, 0.3) is 0 Å². The molecule has 0 radical (unpaired) electrons. The molecule has 0 aliphatic rings. The maximum absolute atomic E-state index is 11.1. The molecule has 0 saturated carbocycles. The summed E-state index contributed by atoms with van der Waals surface area (Å²) < 4.78 is 14.6. The van der Waals surface area contributed by atoms with E-state index in [1.165, 1.54) is 31.8 Å². The predicted octanol–water partition coefficient (Wildman–Crippen LogP) is 2.33. The van der Waals surface area contributed by atoms with Crippen LogP contribution < -0.4 is 20.6 Å². The Kier molecular flexibility index (Phi) is 5.15. The first kappa shape index (κ1) is 15.6. The molecule has 116 valence electrons. The largest absolute Gasteiger partial charge is 0.513 e. The molecule has 0 bridgehead atoms. The fraction of sp³-hybridized carbons (Fsp3) is 0.154. The number of benzene rings is 1. The standard InChI is InChI=1S/C13H14N4O4S/c1-19-10-4-3-9(21-13(18)20-2)5-8(10)6-15-17-12-16-11(14)7-22-12/h3-7H,14H2,1-2H3,(H,16,17). The van der Waals surface area contributed by atoms with Gasteiger partial charge in [0, 0.05) is 10.9 Å². The van der Waals surface area contributed by atoms with Crippen LogP contribution in [0, 0.1) is 0 Å². The molecular weight excluding hydrogens is 308 g/mol.